The minimum atomic E-state index is -2.56. The molecule has 1 aliphatic rings. The molecule has 1 aromatic heterocycles. The molecule has 0 aliphatic carbocycles. The van der Waals surface area contributed by atoms with Crippen LogP contribution in [-0.2, 0) is 4.79 Å². The van der Waals surface area contributed by atoms with Crippen LogP contribution in [0.2, 0.25) is 0 Å². The Morgan fingerprint density at radius 3 is 2.11 bits per heavy atom. The number of nitrogens with zero attached hydrogens (tertiary/aromatic N) is 2. The van der Waals surface area contributed by atoms with Crippen LogP contribution >= 0.6 is 11.8 Å². The van der Waals surface area contributed by atoms with Crippen molar-refractivity contribution < 1.29 is 36.6 Å². The highest BCUT2D eigenvalue weighted by molar-refractivity contribution is 7.99. The van der Waals surface area contributed by atoms with Crippen molar-refractivity contribution in [3.05, 3.63) is 12.1 Å². The standard InChI is InChI=1S/C16H26FN3OS.C2H4F2O.2CH3F.CH5N.CH2O/c1-16(6-10-22-11-7-16)12-20(2)15-13(18)4-5-14(19-15)21-9-3-8-17;3-2(4)1-5;4*1-2/h4-5H,3,6-12,18H2,1-2H3;2,5H,1H2;2*1H3;2H2,1H3;1H2. The molecule has 0 unspecified atom stereocenters. The number of aliphatic hydroxyl groups is 1. The zero-order chi connectivity index (χ0) is 28.3. The first-order valence-electron chi connectivity index (χ1n) is 10.6. The number of pyridine rings is 1. The highest BCUT2D eigenvalue weighted by Gasteiger charge is 2.29. The van der Waals surface area contributed by atoms with E-state index in [0.717, 1.165) is 12.4 Å². The predicted molar refractivity (Wildman–Crippen MR) is 137 cm³/mol. The lowest BCUT2D eigenvalue weighted by Gasteiger charge is -2.37. The van der Waals surface area contributed by atoms with E-state index < -0.39 is 13.0 Å². The van der Waals surface area contributed by atoms with E-state index in [-0.39, 0.29) is 6.67 Å². The molecular formula is C22H43F5N4O3S. The summed E-state index contributed by atoms with van der Waals surface area (Å²) in [5.41, 5.74) is 11.5. The highest BCUT2D eigenvalue weighted by Crippen LogP contribution is 2.36. The average molecular weight is 539 g/mol. The van der Waals surface area contributed by atoms with Crippen LogP contribution < -0.4 is 21.1 Å². The van der Waals surface area contributed by atoms with E-state index in [4.69, 9.17) is 20.4 Å². The van der Waals surface area contributed by atoms with Gasteiger partial charge in [-0.3, -0.25) is 13.2 Å². The Hall–Kier alpha value is -1.86. The number of halogens is 5. The minimum Gasteiger partial charge on any atom is -0.478 e. The summed E-state index contributed by atoms with van der Waals surface area (Å²) in [4.78, 5) is 14.6. The van der Waals surface area contributed by atoms with E-state index in [1.165, 1.54) is 31.4 Å². The number of aliphatic hydroxyl groups excluding tert-OH is 1. The number of rotatable bonds is 8. The van der Waals surface area contributed by atoms with Gasteiger partial charge in [0.25, 0.3) is 6.43 Å². The maximum absolute atomic E-state index is 12.1. The van der Waals surface area contributed by atoms with E-state index in [2.05, 4.69) is 22.5 Å². The number of carbonyl (C=O) groups excluding carboxylic acids is 1. The quantitative estimate of drug-likeness (QED) is 0.334. The normalized spacial score (nSPS) is 12.8. The Morgan fingerprint density at radius 1 is 1.20 bits per heavy atom. The summed E-state index contributed by atoms with van der Waals surface area (Å²) < 4.78 is 57.6. The second-order valence-corrected chi connectivity index (χ2v) is 8.03. The van der Waals surface area contributed by atoms with E-state index in [9.17, 15) is 22.0 Å². The number of ether oxygens (including phenoxy) is 1. The van der Waals surface area contributed by atoms with Gasteiger partial charge in [0, 0.05) is 26.1 Å². The lowest BCUT2D eigenvalue weighted by molar-refractivity contribution is -0.0980. The number of hydrogen-bond donors (Lipinski definition) is 3. The molecule has 0 bridgehead atoms. The molecule has 1 aliphatic heterocycles. The van der Waals surface area contributed by atoms with Crippen molar-refractivity contribution >= 4 is 30.1 Å². The first kappa shape index (κ1) is 40.3. The van der Waals surface area contributed by atoms with Gasteiger partial charge in [0.1, 0.15) is 13.4 Å². The third-order valence-electron chi connectivity index (χ3n) is 4.23. The first-order valence-corrected chi connectivity index (χ1v) is 11.7. The van der Waals surface area contributed by atoms with Crippen LogP contribution in [0.4, 0.5) is 33.5 Å². The number of nitrogen functional groups attached to an aromatic ring is 1. The van der Waals surface area contributed by atoms with Crippen LogP contribution in [0.1, 0.15) is 26.2 Å². The molecule has 0 radical (unpaired) electrons. The fourth-order valence-corrected chi connectivity index (χ4v) is 4.21. The molecule has 13 heteroatoms. The van der Waals surface area contributed by atoms with Gasteiger partial charge in [0.05, 0.1) is 33.3 Å². The molecule has 2 heterocycles. The van der Waals surface area contributed by atoms with Crippen LogP contribution in [0, 0.1) is 5.41 Å². The lowest BCUT2D eigenvalue weighted by atomic mass is 9.84. The van der Waals surface area contributed by atoms with Crippen LogP contribution in [0.5, 0.6) is 5.88 Å². The monoisotopic (exact) mass is 538 g/mol. The summed E-state index contributed by atoms with van der Waals surface area (Å²) in [5, 5.41) is 7.39. The Balaban J connectivity index is -0.000000314. The molecule has 0 spiro atoms. The van der Waals surface area contributed by atoms with Crippen molar-refractivity contribution in [2.45, 2.75) is 32.6 Å². The molecule has 1 aromatic rings. The van der Waals surface area contributed by atoms with Gasteiger partial charge in [-0.1, -0.05) is 6.92 Å². The minimum absolute atomic E-state index is 0.305. The largest absolute Gasteiger partial charge is 0.478 e. The van der Waals surface area contributed by atoms with Crippen LogP contribution in [0.3, 0.4) is 0 Å². The summed E-state index contributed by atoms with van der Waals surface area (Å²) in [6.45, 7) is 4.20. The molecule has 35 heavy (non-hydrogen) atoms. The van der Waals surface area contributed by atoms with Crippen molar-refractivity contribution in [3.63, 3.8) is 0 Å². The average Bonchev–Trinajstić information content (AvgIpc) is 2.90. The van der Waals surface area contributed by atoms with Crippen molar-refractivity contribution in [1.82, 2.24) is 4.98 Å². The molecule has 5 N–H and O–H groups in total. The molecule has 0 saturated carbocycles. The Labute approximate surface area is 210 Å². The smallest absolute Gasteiger partial charge is 0.261 e. The predicted octanol–water partition coefficient (Wildman–Crippen LogP) is 4.18. The van der Waals surface area contributed by atoms with Gasteiger partial charge in [0.15, 0.2) is 5.82 Å². The number of anilines is 2. The third kappa shape index (κ3) is 21.2. The van der Waals surface area contributed by atoms with Gasteiger partial charge in [-0.05, 0) is 42.9 Å². The Morgan fingerprint density at radius 2 is 1.69 bits per heavy atom. The first-order chi connectivity index (χ1) is 16.8. The number of aromatic nitrogens is 1. The molecule has 0 aromatic carbocycles. The van der Waals surface area contributed by atoms with Crippen LogP contribution in [0.15, 0.2) is 12.1 Å². The molecule has 1 fully saturated rings. The molecular weight excluding hydrogens is 495 g/mol. The SMILES string of the molecule is C=O.CF.CF.CN.CN(CC1(C)CCSCC1)c1nc(OCCCF)ccc1N.OCC(F)F. The number of nitrogens with two attached hydrogens (primary N) is 2. The van der Waals surface area contributed by atoms with E-state index in [1.807, 2.05) is 31.7 Å². The third-order valence-corrected chi connectivity index (χ3v) is 5.21. The van der Waals surface area contributed by atoms with Crippen molar-refractivity contribution in [3.8, 4) is 5.88 Å². The van der Waals surface area contributed by atoms with Gasteiger partial charge in [-0.15, -0.1) is 0 Å². The van der Waals surface area contributed by atoms with E-state index in [1.54, 1.807) is 6.07 Å². The highest BCUT2D eigenvalue weighted by atomic mass is 32.2. The van der Waals surface area contributed by atoms with Gasteiger partial charge in [-0.2, -0.15) is 16.7 Å². The molecule has 210 valence electrons. The molecule has 0 atom stereocenters. The molecule has 7 nitrogen and oxygen atoms in total. The summed E-state index contributed by atoms with van der Waals surface area (Å²) in [7, 11) is 4.52. The van der Waals surface area contributed by atoms with Gasteiger partial charge in [0.2, 0.25) is 5.88 Å². The second-order valence-electron chi connectivity index (χ2n) is 6.81. The van der Waals surface area contributed by atoms with E-state index in [0.29, 0.717) is 44.4 Å². The van der Waals surface area contributed by atoms with Crippen molar-refractivity contribution in [2.24, 2.45) is 11.1 Å². The summed E-state index contributed by atoms with van der Waals surface area (Å²) in [6, 6.07) is 3.55. The summed E-state index contributed by atoms with van der Waals surface area (Å²) in [5.74, 6) is 3.70. The maximum atomic E-state index is 12.1. The number of carbonyl (C=O) groups is 1. The van der Waals surface area contributed by atoms with Crippen molar-refractivity contribution in [2.75, 3.05) is 77.0 Å². The Bertz CT molecular complexity index is 576. The number of alkyl halides is 5. The summed E-state index contributed by atoms with van der Waals surface area (Å²) in [6.07, 6.45) is 0.255. The van der Waals surface area contributed by atoms with Gasteiger partial charge < -0.3 is 31.0 Å². The number of hydrogen-bond acceptors (Lipinski definition) is 8. The zero-order valence-electron chi connectivity index (χ0n) is 21.4. The fraction of sp³-hybridized carbons (Fsp3) is 0.727. The van der Waals surface area contributed by atoms with Crippen LogP contribution in [0.25, 0.3) is 0 Å². The van der Waals surface area contributed by atoms with Crippen LogP contribution in [-0.4, -0.2) is 89.7 Å². The summed E-state index contributed by atoms with van der Waals surface area (Å²) >= 11 is 2.03. The van der Waals surface area contributed by atoms with Gasteiger partial charge in [-0.25, -0.2) is 8.78 Å². The molecule has 2 rings (SSSR count). The topological polar surface area (TPSA) is 115 Å². The molecule has 0 amide bonds. The number of thioether (sulfide) groups is 1. The van der Waals surface area contributed by atoms with E-state index >= 15 is 0 Å². The maximum Gasteiger partial charge on any atom is 0.261 e. The van der Waals surface area contributed by atoms with Gasteiger partial charge >= 0.3 is 0 Å². The lowest BCUT2D eigenvalue weighted by Crippen LogP contribution is -2.37. The van der Waals surface area contributed by atoms with Crippen molar-refractivity contribution in [1.29, 1.82) is 0 Å². The molecule has 1 saturated heterocycles. The Kier molecular flexibility index (Phi) is 32.7. The second kappa shape index (κ2) is 28.4. The fourth-order valence-electron chi connectivity index (χ4n) is 2.73. The zero-order valence-corrected chi connectivity index (χ0v) is 22.2.